The number of benzene rings is 2. The van der Waals surface area contributed by atoms with Gasteiger partial charge in [0, 0.05) is 24.2 Å². The molecule has 0 saturated heterocycles. The van der Waals surface area contributed by atoms with Crippen LogP contribution in [-0.2, 0) is 16.2 Å². The lowest BCUT2D eigenvalue weighted by atomic mass is 10.2. The molecule has 0 aliphatic carbocycles. The van der Waals surface area contributed by atoms with Crippen LogP contribution in [-0.4, -0.2) is 15.5 Å². The summed E-state index contributed by atoms with van der Waals surface area (Å²) in [4.78, 5) is 20.9. The van der Waals surface area contributed by atoms with Gasteiger partial charge in [0.1, 0.15) is 0 Å². The predicted molar refractivity (Wildman–Crippen MR) is 92.0 cm³/mol. The van der Waals surface area contributed by atoms with E-state index in [1.807, 2.05) is 65.4 Å². The second kappa shape index (κ2) is 7.89. The SMILES string of the molecule is O=C(/C=C/c1ccc(-n2ccnc2)cc1)NOCc1ccccc1. The molecule has 3 rings (SSSR count). The maximum Gasteiger partial charge on any atom is 0.267 e. The van der Waals surface area contributed by atoms with Crippen molar-refractivity contribution in [1.29, 1.82) is 0 Å². The third kappa shape index (κ3) is 4.41. The molecular weight excluding hydrogens is 302 g/mol. The van der Waals surface area contributed by atoms with Crippen LogP contribution < -0.4 is 5.48 Å². The van der Waals surface area contributed by atoms with Crippen molar-refractivity contribution in [2.24, 2.45) is 0 Å². The monoisotopic (exact) mass is 319 g/mol. The van der Waals surface area contributed by atoms with Gasteiger partial charge in [-0.3, -0.25) is 9.63 Å². The number of carbonyl (C=O) groups is 1. The van der Waals surface area contributed by atoms with Gasteiger partial charge in [0.15, 0.2) is 0 Å². The van der Waals surface area contributed by atoms with Crippen molar-refractivity contribution < 1.29 is 9.63 Å². The fourth-order valence-corrected chi connectivity index (χ4v) is 2.14. The van der Waals surface area contributed by atoms with Gasteiger partial charge in [-0.25, -0.2) is 10.5 Å². The number of rotatable bonds is 6. The summed E-state index contributed by atoms with van der Waals surface area (Å²) in [6.07, 6.45) is 8.52. The van der Waals surface area contributed by atoms with Gasteiger partial charge >= 0.3 is 0 Å². The predicted octanol–water partition coefficient (Wildman–Crippen LogP) is 3.13. The fourth-order valence-electron chi connectivity index (χ4n) is 2.14. The summed E-state index contributed by atoms with van der Waals surface area (Å²) in [7, 11) is 0. The van der Waals surface area contributed by atoms with Crippen LogP contribution in [0, 0.1) is 0 Å². The highest BCUT2D eigenvalue weighted by Crippen LogP contribution is 2.10. The Labute approximate surface area is 140 Å². The van der Waals surface area contributed by atoms with E-state index in [4.69, 9.17) is 4.84 Å². The van der Waals surface area contributed by atoms with Gasteiger partial charge < -0.3 is 4.57 Å². The fraction of sp³-hybridized carbons (Fsp3) is 0.0526. The van der Waals surface area contributed by atoms with Gasteiger partial charge in [0.2, 0.25) is 0 Å². The van der Waals surface area contributed by atoms with E-state index in [0.717, 1.165) is 16.8 Å². The summed E-state index contributed by atoms with van der Waals surface area (Å²) in [5.41, 5.74) is 5.34. The van der Waals surface area contributed by atoms with Gasteiger partial charge in [-0.15, -0.1) is 0 Å². The topological polar surface area (TPSA) is 56.2 Å². The highest BCUT2D eigenvalue weighted by molar-refractivity contribution is 5.90. The summed E-state index contributed by atoms with van der Waals surface area (Å²) in [5, 5.41) is 0. The lowest BCUT2D eigenvalue weighted by Gasteiger charge is -2.04. The van der Waals surface area contributed by atoms with Crippen LogP contribution >= 0.6 is 0 Å². The van der Waals surface area contributed by atoms with E-state index in [9.17, 15) is 4.79 Å². The summed E-state index contributed by atoms with van der Waals surface area (Å²) < 4.78 is 1.91. The van der Waals surface area contributed by atoms with Gasteiger partial charge in [-0.1, -0.05) is 42.5 Å². The van der Waals surface area contributed by atoms with Crippen molar-refractivity contribution >= 4 is 12.0 Å². The molecule has 0 spiro atoms. The van der Waals surface area contributed by atoms with Gasteiger partial charge in [-0.05, 0) is 29.3 Å². The zero-order valence-corrected chi connectivity index (χ0v) is 13.0. The van der Waals surface area contributed by atoms with Crippen LogP contribution in [0.4, 0.5) is 0 Å². The standard InChI is InChI=1S/C19H17N3O2/c23-19(21-24-14-17-4-2-1-3-5-17)11-8-16-6-9-18(10-7-16)22-13-12-20-15-22/h1-13,15H,14H2,(H,21,23)/b11-8+. The molecule has 0 radical (unpaired) electrons. The molecule has 24 heavy (non-hydrogen) atoms. The zero-order valence-electron chi connectivity index (χ0n) is 13.0. The molecule has 120 valence electrons. The summed E-state index contributed by atoms with van der Waals surface area (Å²) >= 11 is 0. The highest BCUT2D eigenvalue weighted by Gasteiger charge is 1.98. The summed E-state index contributed by atoms with van der Waals surface area (Å²) in [6.45, 7) is 0.333. The molecule has 5 nitrogen and oxygen atoms in total. The van der Waals surface area contributed by atoms with E-state index in [1.165, 1.54) is 6.08 Å². The first-order valence-electron chi connectivity index (χ1n) is 7.53. The van der Waals surface area contributed by atoms with E-state index < -0.39 is 0 Å². The van der Waals surface area contributed by atoms with Crippen molar-refractivity contribution in [3.63, 3.8) is 0 Å². The number of nitrogens with one attached hydrogen (secondary N) is 1. The molecule has 1 amide bonds. The van der Waals surface area contributed by atoms with E-state index in [0.29, 0.717) is 6.61 Å². The average molecular weight is 319 g/mol. The Hall–Kier alpha value is -3.18. The maximum atomic E-state index is 11.7. The zero-order chi connectivity index (χ0) is 16.6. The molecule has 0 saturated carbocycles. The summed E-state index contributed by atoms with van der Waals surface area (Å²) in [5.74, 6) is -0.301. The molecule has 0 atom stereocenters. The van der Waals surface area contributed by atoms with Crippen molar-refractivity contribution in [2.45, 2.75) is 6.61 Å². The maximum absolute atomic E-state index is 11.7. The molecule has 0 bridgehead atoms. The molecule has 1 N–H and O–H groups in total. The largest absolute Gasteiger partial charge is 0.306 e. The number of amides is 1. The minimum atomic E-state index is -0.301. The number of hydrogen-bond donors (Lipinski definition) is 1. The molecule has 0 aliphatic rings. The Morgan fingerprint density at radius 1 is 1.12 bits per heavy atom. The Morgan fingerprint density at radius 2 is 1.92 bits per heavy atom. The Kier molecular flexibility index (Phi) is 5.17. The van der Waals surface area contributed by atoms with Crippen molar-refractivity contribution in [1.82, 2.24) is 15.0 Å². The van der Waals surface area contributed by atoms with Gasteiger partial charge in [-0.2, -0.15) is 0 Å². The molecule has 5 heteroatoms. The van der Waals surface area contributed by atoms with Crippen molar-refractivity contribution in [2.75, 3.05) is 0 Å². The second-order valence-corrected chi connectivity index (χ2v) is 5.14. The Bertz CT molecular complexity index is 794. The summed E-state index contributed by atoms with van der Waals surface area (Å²) in [6, 6.07) is 17.4. The quantitative estimate of drug-likeness (QED) is 0.561. The van der Waals surface area contributed by atoms with Crippen LogP contribution in [0.15, 0.2) is 79.4 Å². The van der Waals surface area contributed by atoms with E-state index >= 15 is 0 Å². The van der Waals surface area contributed by atoms with E-state index in [1.54, 1.807) is 18.6 Å². The van der Waals surface area contributed by atoms with Gasteiger partial charge in [0.05, 0.1) is 12.9 Å². The number of aromatic nitrogens is 2. The Morgan fingerprint density at radius 3 is 2.62 bits per heavy atom. The second-order valence-electron chi connectivity index (χ2n) is 5.14. The van der Waals surface area contributed by atoms with E-state index in [-0.39, 0.29) is 5.91 Å². The first kappa shape index (κ1) is 15.7. The highest BCUT2D eigenvalue weighted by atomic mass is 16.6. The number of hydroxylamine groups is 1. The van der Waals surface area contributed by atoms with E-state index in [2.05, 4.69) is 10.5 Å². The number of carbonyl (C=O) groups excluding carboxylic acids is 1. The number of hydrogen-bond acceptors (Lipinski definition) is 3. The minimum Gasteiger partial charge on any atom is -0.306 e. The molecular formula is C19H17N3O2. The molecule has 0 fully saturated rings. The van der Waals surface area contributed by atoms with Crippen LogP contribution in [0.1, 0.15) is 11.1 Å². The molecule has 0 unspecified atom stereocenters. The van der Waals surface area contributed by atoms with Crippen molar-refractivity contribution in [3.05, 3.63) is 90.5 Å². The Balaban J connectivity index is 1.49. The molecule has 2 aromatic carbocycles. The van der Waals surface area contributed by atoms with Crippen LogP contribution in [0.25, 0.3) is 11.8 Å². The van der Waals surface area contributed by atoms with Crippen LogP contribution in [0.2, 0.25) is 0 Å². The van der Waals surface area contributed by atoms with Crippen molar-refractivity contribution in [3.8, 4) is 5.69 Å². The first-order chi connectivity index (χ1) is 11.8. The molecule has 3 aromatic rings. The smallest absolute Gasteiger partial charge is 0.267 e. The van der Waals surface area contributed by atoms with Crippen LogP contribution in [0.3, 0.4) is 0 Å². The third-order valence-corrected chi connectivity index (χ3v) is 3.38. The molecule has 0 aliphatic heterocycles. The normalized spacial score (nSPS) is 10.8. The number of imidazole rings is 1. The minimum absolute atomic E-state index is 0.301. The molecule has 1 aromatic heterocycles. The van der Waals surface area contributed by atoms with Gasteiger partial charge in [0.25, 0.3) is 5.91 Å². The lowest BCUT2D eigenvalue weighted by molar-refractivity contribution is -0.129. The lowest BCUT2D eigenvalue weighted by Crippen LogP contribution is -2.21. The first-order valence-corrected chi connectivity index (χ1v) is 7.53. The third-order valence-electron chi connectivity index (χ3n) is 3.38. The average Bonchev–Trinajstić information content (AvgIpc) is 3.16. The molecule has 1 heterocycles. The number of nitrogens with zero attached hydrogens (tertiary/aromatic N) is 2. The van der Waals surface area contributed by atoms with Crippen LogP contribution in [0.5, 0.6) is 0 Å².